The molecule has 0 radical (unpaired) electrons. The van der Waals surface area contributed by atoms with Gasteiger partial charge < -0.3 is 9.80 Å². The fourth-order valence-electron chi connectivity index (χ4n) is 4.87. The summed E-state index contributed by atoms with van der Waals surface area (Å²) in [6, 6.07) is 7.21. The lowest BCUT2D eigenvalue weighted by Gasteiger charge is -2.39. The number of aryl methyl sites for hydroxylation is 1. The van der Waals surface area contributed by atoms with Crippen molar-refractivity contribution in [1.29, 1.82) is 0 Å². The number of unbranched alkanes of at least 4 members (excludes halogenated alkanes) is 3. The number of aromatic nitrogens is 2. The third-order valence-corrected chi connectivity index (χ3v) is 7.07. The zero-order valence-corrected chi connectivity index (χ0v) is 22.6. The molecule has 7 heteroatoms. The first kappa shape index (κ1) is 27.2. The van der Waals surface area contributed by atoms with Crippen LogP contribution < -0.4 is 4.90 Å². The van der Waals surface area contributed by atoms with Crippen molar-refractivity contribution in [2.75, 3.05) is 31.1 Å². The van der Waals surface area contributed by atoms with E-state index in [0.717, 1.165) is 62.5 Å². The van der Waals surface area contributed by atoms with E-state index in [-0.39, 0.29) is 17.8 Å². The molecule has 1 aromatic heterocycles. The van der Waals surface area contributed by atoms with E-state index in [0.29, 0.717) is 24.7 Å². The summed E-state index contributed by atoms with van der Waals surface area (Å²) < 4.78 is 16.0. The zero-order valence-electron chi connectivity index (χ0n) is 22.6. The number of carbonyl (C=O) groups excluding carboxylic acids is 1. The van der Waals surface area contributed by atoms with Gasteiger partial charge in [-0.25, -0.2) is 9.07 Å². The van der Waals surface area contributed by atoms with Crippen LogP contribution in [-0.2, 0) is 11.3 Å². The first-order valence-electron chi connectivity index (χ1n) is 13.4. The molecule has 1 aliphatic heterocycles. The predicted octanol–water partition coefficient (Wildman–Crippen LogP) is 5.56. The maximum Gasteiger partial charge on any atom is 0.223 e. The van der Waals surface area contributed by atoms with Crippen molar-refractivity contribution in [2.24, 2.45) is 0 Å². The molecule has 0 unspecified atom stereocenters. The van der Waals surface area contributed by atoms with Crippen LogP contribution in [0.25, 0.3) is 5.69 Å². The molecule has 3 rings (SSSR count). The molecule has 1 saturated heterocycles. The molecule has 0 spiro atoms. The minimum Gasteiger partial charge on any atom is -0.354 e. The number of nitrogens with zero attached hydrogens (tertiary/aromatic N) is 5. The summed E-state index contributed by atoms with van der Waals surface area (Å²) in [7, 11) is 0. The summed E-state index contributed by atoms with van der Waals surface area (Å²) in [5, 5.41) is 4.87. The van der Waals surface area contributed by atoms with Gasteiger partial charge >= 0.3 is 0 Å². The highest BCUT2D eigenvalue weighted by atomic mass is 19.1. The van der Waals surface area contributed by atoms with Crippen molar-refractivity contribution in [1.82, 2.24) is 19.6 Å². The number of halogens is 1. The highest BCUT2D eigenvalue weighted by Crippen LogP contribution is 2.31. The summed E-state index contributed by atoms with van der Waals surface area (Å²) in [4.78, 5) is 20.0. The normalized spacial score (nSPS) is 14.8. The van der Waals surface area contributed by atoms with E-state index in [1.807, 2.05) is 22.6 Å². The Morgan fingerprint density at radius 2 is 1.80 bits per heavy atom. The standard InChI is InChI=1S/C28H44FN5O/c1-7-8-9-10-14-27(35)33(22(4)5)20-26-23(6)30-34(25-13-11-12-24(29)19-25)28(26)32-17-15-31(16-18-32)21(2)3/h11-13,19,21-22H,7-10,14-18,20H2,1-6H3. The van der Waals surface area contributed by atoms with Gasteiger partial charge in [-0.2, -0.15) is 5.10 Å². The van der Waals surface area contributed by atoms with Crippen LogP contribution in [0, 0.1) is 12.7 Å². The molecule has 1 amide bonds. The number of hydrogen-bond donors (Lipinski definition) is 0. The lowest BCUT2D eigenvalue weighted by atomic mass is 10.1. The van der Waals surface area contributed by atoms with Crippen LogP contribution in [0.1, 0.15) is 78.0 Å². The van der Waals surface area contributed by atoms with Gasteiger partial charge in [0.1, 0.15) is 11.6 Å². The van der Waals surface area contributed by atoms with Gasteiger partial charge in [0.15, 0.2) is 0 Å². The van der Waals surface area contributed by atoms with Crippen LogP contribution in [-0.4, -0.2) is 63.8 Å². The van der Waals surface area contributed by atoms with E-state index >= 15 is 0 Å². The fourth-order valence-corrected chi connectivity index (χ4v) is 4.87. The second-order valence-electron chi connectivity index (χ2n) is 10.3. The predicted molar refractivity (Wildman–Crippen MR) is 142 cm³/mol. The van der Waals surface area contributed by atoms with E-state index in [1.165, 1.54) is 18.6 Å². The Hall–Kier alpha value is -2.41. The van der Waals surface area contributed by atoms with E-state index in [1.54, 1.807) is 6.07 Å². The third-order valence-electron chi connectivity index (χ3n) is 7.07. The molecule has 35 heavy (non-hydrogen) atoms. The van der Waals surface area contributed by atoms with Gasteiger partial charge in [0.05, 0.1) is 17.9 Å². The van der Waals surface area contributed by atoms with Crippen molar-refractivity contribution in [3.05, 3.63) is 41.3 Å². The first-order valence-corrected chi connectivity index (χ1v) is 13.4. The number of amides is 1. The van der Waals surface area contributed by atoms with Crippen LogP contribution in [0.3, 0.4) is 0 Å². The molecule has 0 aliphatic carbocycles. The topological polar surface area (TPSA) is 44.6 Å². The second-order valence-corrected chi connectivity index (χ2v) is 10.3. The number of benzene rings is 1. The lowest BCUT2D eigenvalue weighted by Crippen LogP contribution is -2.49. The molecule has 0 atom stereocenters. The molecule has 0 bridgehead atoms. The summed E-state index contributed by atoms with van der Waals surface area (Å²) in [5.74, 6) is 0.907. The van der Waals surface area contributed by atoms with Gasteiger partial charge in [0.2, 0.25) is 5.91 Å². The van der Waals surface area contributed by atoms with Gasteiger partial charge in [-0.1, -0.05) is 32.3 Å². The van der Waals surface area contributed by atoms with Gasteiger partial charge in [-0.3, -0.25) is 9.69 Å². The number of hydrogen-bond acceptors (Lipinski definition) is 4. The highest BCUT2D eigenvalue weighted by Gasteiger charge is 2.29. The molecule has 0 N–H and O–H groups in total. The van der Waals surface area contributed by atoms with Gasteiger partial charge in [0, 0.05) is 50.2 Å². The molecule has 2 heterocycles. The summed E-state index contributed by atoms with van der Waals surface area (Å²) in [6.07, 6.45) is 4.93. The second kappa shape index (κ2) is 12.5. The quantitative estimate of drug-likeness (QED) is 0.391. The fraction of sp³-hybridized carbons (Fsp3) is 0.643. The molecule has 2 aromatic rings. The highest BCUT2D eigenvalue weighted by molar-refractivity contribution is 5.76. The minimum absolute atomic E-state index is 0.0937. The maximum absolute atomic E-state index is 14.2. The Morgan fingerprint density at radius 3 is 2.40 bits per heavy atom. The van der Waals surface area contributed by atoms with Crippen molar-refractivity contribution in [3.63, 3.8) is 0 Å². The first-order chi connectivity index (χ1) is 16.7. The Bertz CT molecular complexity index is 962. The molecule has 1 aliphatic rings. The molecular formula is C28H44FN5O. The smallest absolute Gasteiger partial charge is 0.223 e. The summed E-state index contributed by atoms with van der Waals surface area (Å²) in [5.41, 5.74) is 2.66. The third kappa shape index (κ3) is 6.84. The number of piperazine rings is 1. The zero-order chi connectivity index (χ0) is 25.5. The SMILES string of the molecule is CCCCCCC(=O)N(Cc1c(C)nn(-c2cccc(F)c2)c1N1CCN(C(C)C)CC1)C(C)C. The van der Waals surface area contributed by atoms with Crippen LogP contribution in [0.5, 0.6) is 0 Å². The monoisotopic (exact) mass is 485 g/mol. The maximum atomic E-state index is 14.2. The van der Waals surface area contributed by atoms with Crippen LogP contribution in [0.4, 0.5) is 10.2 Å². The average molecular weight is 486 g/mol. The molecule has 1 fully saturated rings. The number of anilines is 1. The van der Waals surface area contributed by atoms with E-state index < -0.39 is 0 Å². The van der Waals surface area contributed by atoms with Gasteiger partial charge in [-0.05, 0) is 59.2 Å². The largest absolute Gasteiger partial charge is 0.354 e. The number of rotatable bonds is 11. The molecule has 6 nitrogen and oxygen atoms in total. The van der Waals surface area contributed by atoms with Crippen LogP contribution >= 0.6 is 0 Å². The Balaban J connectivity index is 1.94. The summed E-state index contributed by atoms with van der Waals surface area (Å²) >= 11 is 0. The number of carbonyl (C=O) groups is 1. The van der Waals surface area contributed by atoms with E-state index in [2.05, 4.69) is 44.4 Å². The van der Waals surface area contributed by atoms with Gasteiger partial charge in [-0.15, -0.1) is 0 Å². The van der Waals surface area contributed by atoms with Crippen molar-refractivity contribution < 1.29 is 9.18 Å². The van der Waals surface area contributed by atoms with Crippen molar-refractivity contribution in [3.8, 4) is 5.69 Å². The van der Waals surface area contributed by atoms with Crippen LogP contribution in [0.2, 0.25) is 0 Å². The Labute approximate surface area is 211 Å². The molecule has 1 aromatic carbocycles. The van der Waals surface area contributed by atoms with Crippen molar-refractivity contribution >= 4 is 11.7 Å². The van der Waals surface area contributed by atoms with Gasteiger partial charge in [0.25, 0.3) is 0 Å². The molecule has 194 valence electrons. The van der Waals surface area contributed by atoms with Crippen molar-refractivity contribution in [2.45, 2.75) is 92.3 Å². The molecular weight excluding hydrogens is 441 g/mol. The Kier molecular flexibility index (Phi) is 9.72. The van der Waals surface area contributed by atoms with E-state index in [4.69, 9.17) is 5.10 Å². The van der Waals surface area contributed by atoms with E-state index in [9.17, 15) is 9.18 Å². The average Bonchev–Trinajstić information content (AvgIpc) is 3.15. The molecule has 0 saturated carbocycles. The van der Waals surface area contributed by atoms with Crippen LogP contribution in [0.15, 0.2) is 24.3 Å². The Morgan fingerprint density at radius 1 is 1.09 bits per heavy atom. The summed E-state index contributed by atoms with van der Waals surface area (Å²) in [6.45, 7) is 17.0. The minimum atomic E-state index is -0.279. The lowest BCUT2D eigenvalue weighted by molar-refractivity contribution is -0.133.